The number of ketones is 1. The first-order valence-corrected chi connectivity index (χ1v) is 7.55. The normalized spacial score (nSPS) is 17.9. The molecule has 5 heteroatoms. The standard InChI is InChI=1S/C15H18BrFO3/c1-2-20-15(5-7-19-8-6-15)14(18)10-11-9-12(16)3-4-13(11)17/h3-4,9H,2,5-8,10H2,1H3. The van der Waals surface area contributed by atoms with Crippen molar-refractivity contribution in [3.63, 3.8) is 0 Å². The molecule has 0 saturated carbocycles. The average molecular weight is 345 g/mol. The highest BCUT2D eigenvalue weighted by Crippen LogP contribution is 2.28. The highest BCUT2D eigenvalue weighted by atomic mass is 79.9. The molecule has 1 aromatic rings. The Morgan fingerprint density at radius 1 is 1.45 bits per heavy atom. The van der Waals surface area contributed by atoms with E-state index in [2.05, 4.69) is 15.9 Å². The second kappa shape index (κ2) is 6.78. The van der Waals surface area contributed by atoms with E-state index in [1.807, 2.05) is 6.92 Å². The smallest absolute Gasteiger partial charge is 0.169 e. The predicted molar refractivity (Wildman–Crippen MR) is 77.2 cm³/mol. The van der Waals surface area contributed by atoms with Crippen LogP contribution >= 0.6 is 15.9 Å². The van der Waals surface area contributed by atoms with Gasteiger partial charge in [0.25, 0.3) is 0 Å². The Kier molecular flexibility index (Phi) is 5.29. The van der Waals surface area contributed by atoms with Crippen LogP contribution in [0.5, 0.6) is 0 Å². The fourth-order valence-corrected chi connectivity index (χ4v) is 2.90. The maximum atomic E-state index is 13.8. The van der Waals surface area contributed by atoms with Crippen LogP contribution in [0.3, 0.4) is 0 Å². The largest absolute Gasteiger partial charge is 0.381 e. The van der Waals surface area contributed by atoms with Gasteiger partial charge in [-0.3, -0.25) is 4.79 Å². The first kappa shape index (κ1) is 15.6. The lowest BCUT2D eigenvalue weighted by Gasteiger charge is -2.35. The van der Waals surface area contributed by atoms with Crippen LogP contribution in [0.25, 0.3) is 0 Å². The number of halogens is 2. The van der Waals surface area contributed by atoms with Crippen LogP contribution in [-0.2, 0) is 20.7 Å². The minimum atomic E-state index is -0.818. The zero-order chi connectivity index (χ0) is 14.6. The van der Waals surface area contributed by atoms with Gasteiger partial charge in [0, 0.05) is 43.6 Å². The van der Waals surface area contributed by atoms with Crippen molar-refractivity contribution in [3.8, 4) is 0 Å². The molecule has 1 fully saturated rings. The molecule has 0 spiro atoms. The van der Waals surface area contributed by atoms with Crippen molar-refractivity contribution >= 4 is 21.7 Å². The van der Waals surface area contributed by atoms with Gasteiger partial charge in [-0.25, -0.2) is 4.39 Å². The molecule has 0 aliphatic carbocycles. The summed E-state index contributed by atoms with van der Waals surface area (Å²) in [4.78, 5) is 12.6. The van der Waals surface area contributed by atoms with Crippen molar-refractivity contribution < 1.29 is 18.7 Å². The summed E-state index contributed by atoms with van der Waals surface area (Å²) in [6.07, 6.45) is 1.12. The van der Waals surface area contributed by atoms with Crippen molar-refractivity contribution in [3.05, 3.63) is 34.1 Å². The van der Waals surface area contributed by atoms with Gasteiger partial charge in [-0.05, 0) is 30.7 Å². The Bertz CT molecular complexity index is 478. The minimum absolute atomic E-state index is 0.0469. The molecule has 3 nitrogen and oxygen atoms in total. The van der Waals surface area contributed by atoms with Crippen molar-refractivity contribution in [1.82, 2.24) is 0 Å². The molecular formula is C15H18BrFO3. The first-order chi connectivity index (χ1) is 9.57. The minimum Gasteiger partial charge on any atom is -0.381 e. The number of ether oxygens (including phenoxy) is 2. The monoisotopic (exact) mass is 344 g/mol. The van der Waals surface area contributed by atoms with E-state index < -0.39 is 5.60 Å². The van der Waals surface area contributed by atoms with E-state index in [4.69, 9.17) is 9.47 Å². The van der Waals surface area contributed by atoms with Gasteiger partial charge < -0.3 is 9.47 Å². The Morgan fingerprint density at radius 2 is 2.15 bits per heavy atom. The highest BCUT2D eigenvalue weighted by Gasteiger charge is 2.40. The number of rotatable bonds is 5. The van der Waals surface area contributed by atoms with Gasteiger partial charge in [0.05, 0.1) is 0 Å². The lowest BCUT2D eigenvalue weighted by molar-refractivity contribution is -0.156. The van der Waals surface area contributed by atoms with Gasteiger partial charge in [-0.1, -0.05) is 15.9 Å². The molecule has 0 aromatic heterocycles. The van der Waals surface area contributed by atoms with Crippen LogP contribution in [-0.4, -0.2) is 31.2 Å². The number of Topliss-reactive ketones (excluding diaryl/α,β-unsaturated/α-hetero) is 1. The Hall–Kier alpha value is -0.780. The van der Waals surface area contributed by atoms with E-state index in [-0.39, 0.29) is 18.0 Å². The van der Waals surface area contributed by atoms with Gasteiger partial charge >= 0.3 is 0 Å². The van der Waals surface area contributed by atoms with Crippen molar-refractivity contribution in [2.45, 2.75) is 31.8 Å². The molecule has 1 aliphatic heterocycles. The van der Waals surface area contributed by atoms with E-state index in [9.17, 15) is 9.18 Å². The lowest BCUT2D eigenvalue weighted by Crippen LogP contribution is -2.47. The second-order valence-electron chi connectivity index (χ2n) is 4.88. The van der Waals surface area contributed by atoms with Crippen LogP contribution in [0.15, 0.2) is 22.7 Å². The molecule has 0 atom stereocenters. The number of hydrogen-bond acceptors (Lipinski definition) is 3. The fraction of sp³-hybridized carbons (Fsp3) is 0.533. The van der Waals surface area contributed by atoms with E-state index in [0.717, 1.165) is 4.47 Å². The lowest BCUT2D eigenvalue weighted by atomic mass is 9.86. The zero-order valence-corrected chi connectivity index (χ0v) is 13.0. The molecule has 1 saturated heterocycles. The third-order valence-electron chi connectivity index (χ3n) is 3.59. The summed E-state index contributed by atoms with van der Waals surface area (Å²) < 4.78 is 25.5. The fourth-order valence-electron chi connectivity index (χ4n) is 2.49. The number of carbonyl (C=O) groups excluding carboxylic acids is 1. The third kappa shape index (κ3) is 3.45. The van der Waals surface area contributed by atoms with Crippen molar-refractivity contribution in [2.75, 3.05) is 19.8 Å². The average Bonchev–Trinajstić information content (AvgIpc) is 2.44. The molecule has 0 amide bonds. The molecule has 0 radical (unpaired) electrons. The molecule has 1 aromatic carbocycles. The quantitative estimate of drug-likeness (QED) is 0.822. The van der Waals surface area contributed by atoms with Crippen molar-refractivity contribution in [2.24, 2.45) is 0 Å². The number of carbonyl (C=O) groups is 1. The third-order valence-corrected chi connectivity index (χ3v) is 4.08. The molecule has 0 unspecified atom stereocenters. The van der Waals surface area contributed by atoms with Crippen LogP contribution < -0.4 is 0 Å². The van der Waals surface area contributed by atoms with E-state index in [1.54, 1.807) is 12.1 Å². The summed E-state index contributed by atoms with van der Waals surface area (Å²) in [7, 11) is 0. The van der Waals surface area contributed by atoms with Gasteiger partial charge in [0.15, 0.2) is 5.78 Å². The Morgan fingerprint density at radius 3 is 2.80 bits per heavy atom. The van der Waals surface area contributed by atoms with Gasteiger partial charge in [-0.15, -0.1) is 0 Å². The van der Waals surface area contributed by atoms with Crippen molar-refractivity contribution in [1.29, 1.82) is 0 Å². The maximum absolute atomic E-state index is 13.8. The van der Waals surface area contributed by atoms with Crippen LogP contribution in [0.2, 0.25) is 0 Å². The molecule has 2 rings (SSSR count). The zero-order valence-electron chi connectivity index (χ0n) is 11.5. The summed E-state index contributed by atoms with van der Waals surface area (Å²) >= 11 is 3.30. The number of hydrogen-bond donors (Lipinski definition) is 0. The summed E-state index contributed by atoms with van der Waals surface area (Å²) in [5.74, 6) is -0.431. The Balaban J connectivity index is 2.18. The SMILES string of the molecule is CCOC1(C(=O)Cc2cc(Br)ccc2F)CCOCC1. The Labute approximate surface area is 126 Å². The van der Waals surface area contributed by atoms with Crippen LogP contribution in [0.4, 0.5) is 4.39 Å². The summed E-state index contributed by atoms with van der Waals surface area (Å²) in [6, 6.07) is 4.63. The molecule has 0 N–H and O–H groups in total. The summed E-state index contributed by atoms with van der Waals surface area (Å²) in [5.41, 5.74) is -0.420. The summed E-state index contributed by atoms with van der Waals surface area (Å²) in [5, 5.41) is 0. The molecule has 1 aliphatic rings. The molecule has 110 valence electrons. The van der Waals surface area contributed by atoms with E-state index in [0.29, 0.717) is 38.2 Å². The van der Waals surface area contributed by atoms with Gasteiger partial charge in [0.2, 0.25) is 0 Å². The highest BCUT2D eigenvalue weighted by molar-refractivity contribution is 9.10. The molecule has 20 heavy (non-hydrogen) atoms. The molecular weight excluding hydrogens is 327 g/mol. The maximum Gasteiger partial charge on any atom is 0.169 e. The molecule has 1 heterocycles. The van der Waals surface area contributed by atoms with Gasteiger partial charge in [-0.2, -0.15) is 0 Å². The molecule has 0 bridgehead atoms. The van der Waals surface area contributed by atoms with E-state index >= 15 is 0 Å². The van der Waals surface area contributed by atoms with Crippen LogP contribution in [0.1, 0.15) is 25.3 Å². The van der Waals surface area contributed by atoms with E-state index in [1.165, 1.54) is 6.07 Å². The topological polar surface area (TPSA) is 35.5 Å². The predicted octanol–water partition coefficient (Wildman–Crippen LogP) is 3.29. The van der Waals surface area contributed by atoms with Gasteiger partial charge in [0.1, 0.15) is 11.4 Å². The summed E-state index contributed by atoms with van der Waals surface area (Å²) in [6.45, 7) is 3.34. The van der Waals surface area contributed by atoms with Crippen LogP contribution in [0, 0.1) is 5.82 Å². The second-order valence-corrected chi connectivity index (χ2v) is 5.79. The number of benzene rings is 1. The first-order valence-electron chi connectivity index (χ1n) is 6.76.